The minimum absolute atomic E-state index is 0.116. The first kappa shape index (κ1) is 13.7. The number of carbonyl (C=O) groups excluding carboxylic acids is 1. The molecule has 1 unspecified atom stereocenters. The molecule has 0 spiro atoms. The second-order valence-corrected chi connectivity index (χ2v) is 4.03. The van der Waals surface area contributed by atoms with Gasteiger partial charge in [0.05, 0.1) is 6.10 Å². The predicted molar refractivity (Wildman–Crippen MR) is 68.6 cm³/mol. The Hall–Kier alpha value is -1.35. The van der Waals surface area contributed by atoms with Gasteiger partial charge in [-0.05, 0) is 25.8 Å². The van der Waals surface area contributed by atoms with Crippen molar-refractivity contribution in [1.82, 2.24) is 4.90 Å². The number of amides is 1. The van der Waals surface area contributed by atoms with Gasteiger partial charge < -0.3 is 10.0 Å². The molecule has 0 saturated carbocycles. The highest BCUT2D eigenvalue weighted by Gasteiger charge is 2.13. The maximum absolute atomic E-state index is 11.8. The largest absolute Gasteiger partial charge is 0.388 e. The van der Waals surface area contributed by atoms with Crippen LogP contribution in [0.5, 0.6) is 0 Å². The van der Waals surface area contributed by atoms with E-state index in [9.17, 15) is 9.90 Å². The average molecular weight is 235 g/mol. The van der Waals surface area contributed by atoms with Gasteiger partial charge in [0.25, 0.3) is 0 Å². The van der Waals surface area contributed by atoms with Crippen molar-refractivity contribution in [2.24, 2.45) is 0 Å². The van der Waals surface area contributed by atoms with Gasteiger partial charge in [0, 0.05) is 19.5 Å². The summed E-state index contributed by atoms with van der Waals surface area (Å²) >= 11 is 0. The summed E-state index contributed by atoms with van der Waals surface area (Å²) in [7, 11) is 0. The molecular formula is C14H21NO2. The fraction of sp³-hybridized carbons (Fsp3) is 0.500. The van der Waals surface area contributed by atoms with E-state index in [1.54, 1.807) is 4.90 Å². The molecule has 0 aliphatic carbocycles. The van der Waals surface area contributed by atoms with Gasteiger partial charge in [-0.1, -0.05) is 30.3 Å². The second-order valence-electron chi connectivity index (χ2n) is 4.03. The van der Waals surface area contributed by atoms with Crippen molar-refractivity contribution in [1.29, 1.82) is 0 Å². The van der Waals surface area contributed by atoms with E-state index < -0.39 is 6.10 Å². The second kappa shape index (κ2) is 7.07. The van der Waals surface area contributed by atoms with Crippen LogP contribution in [-0.4, -0.2) is 29.0 Å². The van der Waals surface area contributed by atoms with Gasteiger partial charge in [-0.3, -0.25) is 4.79 Å². The third kappa shape index (κ3) is 4.19. The van der Waals surface area contributed by atoms with Crippen molar-refractivity contribution in [3.05, 3.63) is 35.9 Å². The van der Waals surface area contributed by atoms with Crippen molar-refractivity contribution >= 4 is 5.91 Å². The standard InChI is InChI=1S/C14H21NO2/c1-3-15(4-2)14(17)11-10-13(16)12-8-6-5-7-9-12/h5-9,13,16H,3-4,10-11H2,1-2H3. The zero-order valence-corrected chi connectivity index (χ0v) is 10.6. The molecule has 0 bridgehead atoms. The number of benzene rings is 1. The number of nitrogens with zero attached hydrogens (tertiary/aromatic N) is 1. The van der Waals surface area contributed by atoms with E-state index in [0.29, 0.717) is 12.8 Å². The normalized spacial score (nSPS) is 12.2. The number of hydrogen-bond donors (Lipinski definition) is 1. The monoisotopic (exact) mass is 235 g/mol. The van der Waals surface area contributed by atoms with Crippen LogP contribution >= 0.6 is 0 Å². The van der Waals surface area contributed by atoms with Gasteiger partial charge in [-0.2, -0.15) is 0 Å². The van der Waals surface area contributed by atoms with Crippen molar-refractivity contribution in [2.75, 3.05) is 13.1 Å². The lowest BCUT2D eigenvalue weighted by Crippen LogP contribution is -2.30. The fourth-order valence-corrected chi connectivity index (χ4v) is 1.84. The average Bonchev–Trinajstić information content (AvgIpc) is 2.38. The Labute approximate surface area is 103 Å². The molecule has 3 heteroatoms. The van der Waals surface area contributed by atoms with E-state index in [0.717, 1.165) is 18.7 Å². The Balaban J connectivity index is 2.43. The van der Waals surface area contributed by atoms with E-state index in [1.807, 2.05) is 44.2 Å². The number of hydrogen-bond acceptors (Lipinski definition) is 2. The number of carbonyl (C=O) groups is 1. The Morgan fingerprint density at radius 3 is 2.35 bits per heavy atom. The highest BCUT2D eigenvalue weighted by molar-refractivity contribution is 5.76. The lowest BCUT2D eigenvalue weighted by atomic mass is 10.0. The highest BCUT2D eigenvalue weighted by atomic mass is 16.3. The van der Waals surface area contributed by atoms with Crippen molar-refractivity contribution < 1.29 is 9.90 Å². The summed E-state index contributed by atoms with van der Waals surface area (Å²) in [5, 5.41) is 9.93. The number of aliphatic hydroxyl groups excluding tert-OH is 1. The van der Waals surface area contributed by atoms with Crippen molar-refractivity contribution in [3.63, 3.8) is 0 Å². The Morgan fingerprint density at radius 2 is 1.82 bits per heavy atom. The maximum Gasteiger partial charge on any atom is 0.222 e. The summed E-state index contributed by atoms with van der Waals surface area (Å²) in [4.78, 5) is 13.5. The maximum atomic E-state index is 11.8. The van der Waals surface area contributed by atoms with Gasteiger partial charge in [0.1, 0.15) is 0 Å². The van der Waals surface area contributed by atoms with Gasteiger partial charge in [-0.25, -0.2) is 0 Å². The van der Waals surface area contributed by atoms with E-state index in [-0.39, 0.29) is 5.91 Å². The molecule has 3 nitrogen and oxygen atoms in total. The van der Waals surface area contributed by atoms with Crippen molar-refractivity contribution in [2.45, 2.75) is 32.8 Å². The molecule has 0 aliphatic heterocycles. The first-order chi connectivity index (χ1) is 8.19. The third-order valence-corrected chi connectivity index (χ3v) is 2.93. The first-order valence-electron chi connectivity index (χ1n) is 6.19. The van der Waals surface area contributed by atoms with Gasteiger partial charge in [0.2, 0.25) is 5.91 Å². The summed E-state index contributed by atoms with van der Waals surface area (Å²) in [5.41, 5.74) is 0.875. The topological polar surface area (TPSA) is 40.5 Å². The van der Waals surface area contributed by atoms with Crippen LogP contribution in [0.4, 0.5) is 0 Å². The number of rotatable bonds is 6. The fourth-order valence-electron chi connectivity index (χ4n) is 1.84. The Morgan fingerprint density at radius 1 is 1.24 bits per heavy atom. The lowest BCUT2D eigenvalue weighted by Gasteiger charge is -2.19. The highest BCUT2D eigenvalue weighted by Crippen LogP contribution is 2.18. The molecule has 94 valence electrons. The molecule has 1 atom stereocenters. The molecule has 0 saturated heterocycles. The third-order valence-electron chi connectivity index (χ3n) is 2.93. The van der Waals surface area contributed by atoms with Crippen LogP contribution in [0.25, 0.3) is 0 Å². The first-order valence-corrected chi connectivity index (χ1v) is 6.19. The SMILES string of the molecule is CCN(CC)C(=O)CCC(O)c1ccccc1. The van der Waals surface area contributed by atoms with Crippen LogP contribution in [0.1, 0.15) is 38.4 Å². The molecule has 17 heavy (non-hydrogen) atoms. The summed E-state index contributed by atoms with van der Waals surface area (Å²) in [5.74, 6) is 0.116. The van der Waals surface area contributed by atoms with Gasteiger partial charge >= 0.3 is 0 Å². The zero-order valence-electron chi connectivity index (χ0n) is 10.6. The van der Waals surface area contributed by atoms with E-state index in [4.69, 9.17) is 0 Å². The minimum Gasteiger partial charge on any atom is -0.388 e. The molecule has 0 aliphatic rings. The molecule has 1 aromatic carbocycles. The van der Waals surface area contributed by atoms with E-state index in [2.05, 4.69) is 0 Å². The quantitative estimate of drug-likeness (QED) is 0.822. The summed E-state index contributed by atoms with van der Waals surface area (Å²) < 4.78 is 0. The Bertz CT molecular complexity index is 333. The molecule has 1 N–H and O–H groups in total. The van der Waals surface area contributed by atoms with Crippen LogP contribution in [0.2, 0.25) is 0 Å². The molecule has 0 radical (unpaired) electrons. The lowest BCUT2D eigenvalue weighted by molar-refractivity contribution is -0.131. The molecule has 1 rings (SSSR count). The minimum atomic E-state index is -0.546. The Kier molecular flexibility index (Phi) is 5.70. The number of aliphatic hydroxyl groups is 1. The van der Waals surface area contributed by atoms with Crippen LogP contribution in [0.3, 0.4) is 0 Å². The zero-order chi connectivity index (χ0) is 12.7. The van der Waals surface area contributed by atoms with Crippen molar-refractivity contribution in [3.8, 4) is 0 Å². The predicted octanol–water partition coefficient (Wildman–Crippen LogP) is 2.37. The van der Waals surface area contributed by atoms with Crippen LogP contribution in [0, 0.1) is 0 Å². The molecule has 0 heterocycles. The van der Waals surface area contributed by atoms with E-state index in [1.165, 1.54) is 0 Å². The van der Waals surface area contributed by atoms with Crippen LogP contribution < -0.4 is 0 Å². The molecule has 0 aromatic heterocycles. The van der Waals surface area contributed by atoms with Gasteiger partial charge in [-0.15, -0.1) is 0 Å². The molecule has 0 fully saturated rings. The van der Waals surface area contributed by atoms with Gasteiger partial charge in [0.15, 0.2) is 0 Å². The smallest absolute Gasteiger partial charge is 0.222 e. The van der Waals surface area contributed by atoms with Crippen LogP contribution in [0.15, 0.2) is 30.3 Å². The summed E-state index contributed by atoms with van der Waals surface area (Å²) in [6, 6.07) is 9.46. The molecule has 1 amide bonds. The molecule has 1 aromatic rings. The van der Waals surface area contributed by atoms with E-state index >= 15 is 0 Å². The van der Waals surface area contributed by atoms with Crippen LogP contribution in [-0.2, 0) is 4.79 Å². The summed E-state index contributed by atoms with van der Waals surface area (Å²) in [6.07, 6.45) is 0.340. The summed E-state index contributed by atoms with van der Waals surface area (Å²) in [6.45, 7) is 5.40. The molecular weight excluding hydrogens is 214 g/mol.